The molecule has 0 saturated heterocycles. The molecule has 19 heteroatoms. The highest BCUT2D eigenvalue weighted by atomic mass is 31.2. The van der Waals surface area contributed by atoms with E-state index in [0.717, 1.165) is 135 Å². The fourth-order valence-electron chi connectivity index (χ4n) is 10.3. The van der Waals surface area contributed by atoms with Crippen molar-refractivity contribution in [2.24, 2.45) is 0 Å². The molecule has 0 rings (SSSR count). The molecule has 0 fully saturated rings. The summed E-state index contributed by atoms with van der Waals surface area (Å²) in [6.07, 6.45) is 104. The number of aliphatic hydroxyl groups is 1. The Kier molecular flexibility index (Phi) is 77.9. The lowest BCUT2D eigenvalue weighted by molar-refractivity contribution is -0.161. The van der Waals surface area contributed by atoms with Crippen LogP contribution in [0.4, 0.5) is 0 Å². The Bertz CT molecular complexity index is 2940. The number of hydrogen-bond donors (Lipinski definition) is 3. The molecule has 0 radical (unpaired) electrons. The van der Waals surface area contributed by atoms with E-state index in [1.165, 1.54) is 64.2 Å². The van der Waals surface area contributed by atoms with E-state index in [-0.39, 0.29) is 25.7 Å². The maximum atomic E-state index is 13.1. The summed E-state index contributed by atoms with van der Waals surface area (Å²) in [6, 6.07) is 0. The lowest BCUT2D eigenvalue weighted by atomic mass is 10.1. The van der Waals surface area contributed by atoms with E-state index in [4.69, 9.17) is 37.0 Å². The van der Waals surface area contributed by atoms with Crippen LogP contribution < -0.4 is 0 Å². The van der Waals surface area contributed by atoms with E-state index in [0.29, 0.717) is 44.9 Å². The first-order valence-corrected chi connectivity index (χ1v) is 45.3. The van der Waals surface area contributed by atoms with Gasteiger partial charge in [0.2, 0.25) is 0 Å². The zero-order chi connectivity index (χ0) is 81.7. The summed E-state index contributed by atoms with van der Waals surface area (Å²) in [5, 5.41) is 10.7. The molecule has 5 atom stereocenters. The molecule has 0 aromatic carbocycles. The lowest BCUT2D eigenvalue weighted by Gasteiger charge is -2.21. The van der Waals surface area contributed by atoms with Gasteiger partial charge in [-0.15, -0.1) is 0 Å². The van der Waals surface area contributed by atoms with Crippen LogP contribution in [0.2, 0.25) is 0 Å². The summed E-state index contributed by atoms with van der Waals surface area (Å²) < 4.78 is 68.5. The molecule has 0 bridgehead atoms. The van der Waals surface area contributed by atoms with Gasteiger partial charge >= 0.3 is 39.5 Å². The molecule has 0 aliphatic heterocycles. The number of phosphoric ester groups is 2. The maximum absolute atomic E-state index is 13.1. The predicted octanol–water partition coefficient (Wildman–Crippen LogP) is 25.4. The Labute approximate surface area is 678 Å². The third kappa shape index (κ3) is 81.6. The number of unbranched alkanes of at least 4 members (excludes halogenated alkanes) is 17. The van der Waals surface area contributed by atoms with Crippen LogP contribution in [0.5, 0.6) is 0 Å². The van der Waals surface area contributed by atoms with Crippen LogP contribution in [0.1, 0.15) is 297 Å². The summed E-state index contributed by atoms with van der Waals surface area (Å²) in [7, 11) is -10.1. The van der Waals surface area contributed by atoms with Crippen molar-refractivity contribution in [1.82, 2.24) is 0 Å². The van der Waals surface area contributed by atoms with E-state index in [1.54, 1.807) is 0 Å². The Morgan fingerprint density at radius 3 is 0.795 bits per heavy atom. The minimum absolute atomic E-state index is 0.0116. The fourth-order valence-corrected chi connectivity index (χ4v) is 11.9. The topological polar surface area (TPSA) is 237 Å². The highest BCUT2D eigenvalue weighted by Crippen LogP contribution is 2.45. The first-order valence-electron chi connectivity index (χ1n) is 42.3. The average molecular weight is 1600 g/mol. The van der Waals surface area contributed by atoms with Gasteiger partial charge in [0.25, 0.3) is 0 Å². The molecule has 17 nitrogen and oxygen atoms in total. The highest BCUT2D eigenvalue weighted by Gasteiger charge is 2.30. The summed E-state index contributed by atoms with van der Waals surface area (Å²) in [6.45, 7) is 4.41. The van der Waals surface area contributed by atoms with Crippen molar-refractivity contribution < 1.29 is 80.2 Å². The zero-order valence-corrected chi connectivity index (χ0v) is 71.0. The molecule has 0 saturated carbocycles. The van der Waals surface area contributed by atoms with E-state index < -0.39 is 97.5 Å². The smallest absolute Gasteiger partial charge is 0.462 e. The first kappa shape index (κ1) is 106. The van der Waals surface area contributed by atoms with Gasteiger partial charge in [0.1, 0.15) is 19.3 Å². The third-order valence-corrected chi connectivity index (χ3v) is 18.6. The van der Waals surface area contributed by atoms with E-state index >= 15 is 0 Å². The van der Waals surface area contributed by atoms with Crippen molar-refractivity contribution >= 4 is 39.5 Å². The summed E-state index contributed by atoms with van der Waals surface area (Å²) in [4.78, 5) is 73.1. The van der Waals surface area contributed by atoms with E-state index in [2.05, 4.69) is 180 Å². The number of allylic oxidation sites excluding steroid dienone is 34. The average Bonchev–Trinajstić information content (AvgIpc) is 0.907. The van der Waals surface area contributed by atoms with Gasteiger partial charge in [0, 0.05) is 25.7 Å². The summed E-state index contributed by atoms with van der Waals surface area (Å²) in [5.41, 5.74) is 0. The van der Waals surface area contributed by atoms with Crippen LogP contribution >= 0.6 is 15.6 Å². The van der Waals surface area contributed by atoms with Crippen LogP contribution in [0.15, 0.2) is 207 Å². The zero-order valence-electron chi connectivity index (χ0n) is 69.3. The van der Waals surface area contributed by atoms with Gasteiger partial charge in [-0.1, -0.05) is 311 Å². The molecule has 2 unspecified atom stereocenters. The molecule has 0 heterocycles. The lowest BCUT2D eigenvalue weighted by Crippen LogP contribution is -2.30. The SMILES string of the molecule is CC/C=C\C/C=C\C/C=C\C/C=C\C/C=C\C/C=C\CCC(=O)O[C@H](COC(=O)CC/C=C\C/C=C\C/C=C\C/C=C\C/C=C\CCCCC)COP(=O)(O)OC[C@@H](O)COP(=O)(O)OC[C@@H](COC(=O)CCCCCCCCC/C=C\CCCCCC)OC(=O)CC/C=C\C/C=C\C/C=C\C/C=C\C/C=C\CCCCC. The summed E-state index contributed by atoms with van der Waals surface area (Å²) >= 11 is 0. The Morgan fingerprint density at radius 1 is 0.259 bits per heavy atom. The van der Waals surface area contributed by atoms with Crippen molar-refractivity contribution in [1.29, 1.82) is 0 Å². The number of phosphoric acid groups is 2. The quantitative estimate of drug-likeness (QED) is 0.0169. The Morgan fingerprint density at radius 2 is 0.482 bits per heavy atom. The van der Waals surface area contributed by atoms with Crippen LogP contribution in [0.3, 0.4) is 0 Å². The number of esters is 4. The number of rotatable bonds is 77. The molecule has 0 spiro atoms. The van der Waals surface area contributed by atoms with Crippen molar-refractivity contribution in [2.45, 2.75) is 316 Å². The molecule has 0 aliphatic rings. The second-order valence-electron chi connectivity index (χ2n) is 27.3. The minimum atomic E-state index is -5.04. The first-order chi connectivity index (χ1) is 54.7. The monoisotopic (exact) mass is 1600 g/mol. The van der Waals surface area contributed by atoms with E-state index in [1.807, 2.05) is 54.7 Å². The highest BCUT2D eigenvalue weighted by molar-refractivity contribution is 7.47. The third-order valence-electron chi connectivity index (χ3n) is 16.7. The number of carbonyl (C=O) groups is 4. The van der Waals surface area contributed by atoms with Gasteiger partial charge in [-0.25, -0.2) is 9.13 Å². The van der Waals surface area contributed by atoms with Gasteiger partial charge in [-0.2, -0.15) is 0 Å². The van der Waals surface area contributed by atoms with Crippen molar-refractivity contribution in [3.05, 3.63) is 207 Å². The van der Waals surface area contributed by atoms with Gasteiger partial charge in [-0.3, -0.25) is 37.3 Å². The van der Waals surface area contributed by atoms with Crippen molar-refractivity contribution in [3.63, 3.8) is 0 Å². The van der Waals surface area contributed by atoms with Crippen LogP contribution in [0.25, 0.3) is 0 Å². The van der Waals surface area contributed by atoms with Gasteiger partial charge < -0.3 is 33.8 Å². The minimum Gasteiger partial charge on any atom is -0.462 e. The van der Waals surface area contributed by atoms with Crippen LogP contribution in [-0.4, -0.2) is 96.7 Å². The molecule has 0 aliphatic carbocycles. The molecular formula is C93H148O17P2. The van der Waals surface area contributed by atoms with Gasteiger partial charge in [-0.05, 0) is 167 Å². The number of ether oxygens (including phenoxy) is 4. The molecule has 0 amide bonds. The van der Waals surface area contributed by atoms with Crippen molar-refractivity contribution in [3.8, 4) is 0 Å². The summed E-state index contributed by atoms with van der Waals surface area (Å²) in [5.74, 6) is -2.49. The number of hydrogen-bond acceptors (Lipinski definition) is 15. The second kappa shape index (κ2) is 82.6. The molecule has 0 aromatic rings. The number of aliphatic hydroxyl groups excluding tert-OH is 1. The molecule has 632 valence electrons. The van der Waals surface area contributed by atoms with Gasteiger partial charge in [0.05, 0.1) is 26.4 Å². The molecular weight excluding hydrogens is 1450 g/mol. The Hall–Kier alpha value is -6.36. The molecule has 0 aromatic heterocycles. The fraction of sp³-hybridized carbons (Fsp3) is 0.591. The Balaban J connectivity index is 5.61. The van der Waals surface area contributed by atoms with Crippen LogP contribution in [-0.2, 0) is 65.4 Å². The number of carbonyl (C=O) groups excluding carboxylic acids is 4. The predicted molar refractivity (Wildman–Crippen MR) is 463 cm³/mol. The maximum Gasteiger partial charge on any atom is 0.472 e. The van der Waals surface area contributed by atoms with E-state index in [9.17, 15) is 43.2 Å². The van der Waals surface area contributed by atoms with Gasteiger partial charge in [0.15, 0.2) is 12.2 Å². The molecule has 112 heavy (non-hydrogen) atoms. The largest absolute Gasteiger partial charge is 0.472 e. The van der Waals surface area contributed by atoms with Crippen LogP contribution in [0, 0.1) is 0 Å². The van der Waals surface area contributed by atoms with Crippen molar-refractivity contribution in [2.75, 3.05) is 39.6 Å². The second-order valence-corrected chi connectivity index (χ2v) is 30.2. The normalized spacial score (nSPS) is 14.8. The standard InChI is InChI=1S/C93H148O17P2/c1-5-9-13-17-21-25-29-33-37-40-43-46-50-54-58-62-66-70-74-78-91(96)104-84-89(110-93(98)80-76-72-68-64-60-56-52-48-45-42-39-35-31-27-23-19-15-11-7-3)86-108-112(101,102)106-82-87(94)81-105-111(99,100)107-85-88(83-103-90(95)77-73-69-65-61-57-53-49-36-32-28-24-20-16-12-8-4)109-92(97)79-75-71-67-63-59-55-51-47-44-41-38-34-30-26-22-18-14-10-6-2/h11,15,21-23,25-28,32-35,37-39,43-48,54-56,58-60,66-68,70-72,87-89,94H,5-10,12-14,16-20,24,29-31,36,40-42,49-53,57,61-65,69,73-86H2,1-4H3,(H,99,100)(H,101,102)/b15-11-,25-21-,26-22-,27-23-,32-28-,37-33-,38-34-,39-35-,46-43-,47-44-,48-45-,58-54-,59-55-,60-56-,70-66-,71-67-,72-68-/t87-,88+,89+/m0/s1. The molecule has 3 N–H and O–H groups in total.